The summed E-state index contributed by atoms with van der Waals surface area (Å²) in [5.74, 6) is -1.73. The Morgan fingerprint density at radius 3 is 2.56 bits per heavy atom. The normalized spacial score (nSPS) is 24.8. The van der Waals surface area contributed by atoms with E-state index in [2.05, 4.69) is 15.9 Å². The number of hydrogen-bond donors (Lipinski definition) is 1. The highest BCUT2D eigenvalue weighted by molar-refractivity contribution is 9.12. The fourth-order valence-corrected chi connectivity index (χ4v) is 2.04. The van der Waals surface area contributed by atoms with Crippen molar-refractivity contribution in [2.45, 2.75) is 12.5 Å². The first-order valence-corrected chi connectivity index (χ1v) is 5.86. The average Bonchev–Trinajstić information content (AvgIpc) is 2.46. The van der Waals surface area contributed by atoms with E-state index in [9.17, 15) is 19.5 Å². The summed E-state index contributed by atoms with van der Waals surface area (Å²) in [6.07, 6.45) is 2.70. The van der Waals surface area contributed by atoms with Crippen molar-refractivity contribution in [1.82, 2.24) is 4.90 Å². The van der Waals surface area contributed by atoms with Gasteiger partial charge < -0.3 is 5.11 Å². The number of allylic oxidation sites excluding steroid dienone is 2. The molecule has 2 aliphatic rings. The van der Waals surface area contributed by atoms with Crippen LogP contribution in [0.25, 0.3) is 0 Å². The second-order valence-corrected chi connectivity index (χ2v) is 4.64. The molecule has 2 amide bonds. The summed E-state index contributed by atoms with van der Waals surface area (Å²) < 4.78 is -0.0347. The minimum absolute atomic E-state index is 0.00667. The number of aliphatic hydroxyl groups excluding tert-OH is 1. The Morgan fingerprint density at radius 1 is 1.33 bits per heavy atom. The summed E-state index contributed by atoms with van der Waals surface area (Å²) in [4.78, 5) is 35.8. The molecule has 0 bridgehead atoms. The molecule has 0 spiro atoms. The Hall–Kier alpha value is -1.47. The second kappa shape index (κ2) is 4.66. The molecule has 0 fully saturated rings. The molecule has 18 heavy (non-hydrogen) atoms. The smallest absolute Gasteiger partial charge is 0.271 e. The van der Waals surface area contributed by atoms with E-state index in [0.717, 1.165) is 11.0 Å². The van der Waals surface area contributed by atoms with Crippen LogP contribution in [0.2, 0.25) is 0 Å². The largest absolute Gasteiger partial charge is 0.389 e. The van der Waals surface area contributed by atoms with Crippen LogP contribution in [-0.2, 0) is 14.4 Å². The quantitative estimate of drug-likeness (QED) is 0.542. The van der Waals surface area contributed by atoms with Crippen molar-refractivity contribution in [1.29, 1.82) is 0 Å². The zero-order valence-electron chi connectivity index (χ0n) is 9.09. The highest BCUT2D eigenvalue weighted by atomic mass is 79.9. The lowest BCUT2D eigenvalue weighted by atomic mass is 9.96. The fraction of sp³-hybridized carbons (Fsp3) is 0.182. The molecule has 0 saturated carbocycles. The van der Waals surface area contributed by atoms with Gasteiger partial charge in [-0.15, -0.1) is 0 Å². The van der Waals surface area contributed by atoms with Gasteiger partial charge in [-0.05, 0) is 27.5 Å². The van der Waals surface area contributed by atoms with Gasteiger partial charge in [-0.1, -0.05) is 6.08 Å². The zero-order valence-corrected chi connectivity index (χ0v) is 10.7. The van der Waals surface area contributed by atoms with Gasteiger partial charge in [0, 0.05) is 18.2 Å². The molecule has 0 aromatic rings. The van der Waals surface area contributed by atoms with Gasteiger partial charge in [0.05, 0.1) is 10.6 Å². The summed E-state index contributed by atoms with van der Waals surface area (Å²) in [5.41, 5.74) is -0.0788. The van der Waals surface area contributed by atoms with Crippen molar-refractivity contribution in [3.8, 4) is 0 Å². The monoisotopic (exact) mass is 307 g/mol. The summed E-state index contributed by atoms with van der Waals surface area (Å²) in [6.45, 7) is 0. The van der Waals surface area contributed by atoms with Crippen molar-refractivity contribution < 1.29 is 19.5 Å². The molecule has 2 radical (unpaired) electrons. The Bertz CT molecular complexity index is 525. The van der Waals surface area contributed by atoms with Crippen LogP contribution >= 0.6 is 15.9 Å². The van der Waals surface area contributed by atoms with Crippen LogP contribution in [0.1, 0.15) is 6.42 Å². The number of carbonyl (C=O) groups is 3. The van der Waals surface area contributed by atoms with Crippen LogP contribution in [0.4, 0.5) is 0 Å². The van der Waals surface area contributed by atoms with Gasteiger partial charge in [-0.25, -0.2) is 4.90 Å². The first-order chi connectivity index (χ1) is 8.41. The molecule has 1 aliphatic heterocycles. The summed E-state index contributed by atoms with van der Waals surface area (Å²) in [5, 5.41) is 9.56. The number of halogens is 1. The highest BCUT2D eigenvalue weighted by Crippen LogP contribution is 2.29. The molecule has 0 aromatic carbocycles. The van der Waals surface area contributed by atoms with Crippen LogP contribution in [-0.4, -0.2) is 41.6 Å². The van der Waals surface area contributed by atoms with E-state index in [1.54, 1.807) is 0 Å². The summed E-state index contributed by atoms with van der Waals surface area (Å²) >= 11 is 2.92. The average molecular weight is 308 g/mol. The van der Waals surface area contributed by atoms with E-state index >= 15 is 0 Å². The maximum Gasteiger partial charge on any atom is 0.271 e. The minimum atomic E-state index is -0.927. The predicted molar refractivity (Wildman–Crippen MR) is 66.4 cm³/mol. The van der Waals surface area contributed by atoms with Crippen molar-refractivity contribution >= 4 is 41.4 Å². The number of ketones is 1. The van der Waals surface area contributed by atoms with Crippen LogP contribution in [0.5, 0.6) is 0 Å². The summed E-state index contributed by atoms with van der Waals surface area (Å²) in [7, 11) is 5.45. The highest BCUT2D eigenvalue weighted by Gasteiger charge is 2.37. The predicted octanol–water partition coefficient (Wildman–Crippen LogP) is -0.0960. The van der Waals surface area contributed by atoms with Gasteiger partial charge in [0.1, 0.15) is 7.85 Å². The second-order valence-electron chi connectivity index (χ2n) is 3.84. The van der Waals surface area contributed by atoms with Crippen LogP contribution < -0.4 is 0 Å². The molecule has 2 rings (SSSR count). The van der Waals surface area contributed by atoms with Crippen LogP contribution in [0.3, 0.4) is 0 Å². The van der Waals surface area contributed by atoms with E-state index in [1.165, 1.54) is 12.2 Å². The number of carbonyl (C=O) groups excluding carboxylic acids is 3. The molecule has 90 valence electrons. The van der Waals surface area contributed by atoms with Crippen molar-refractivity contribution in [3.63, 3.8) is 0 Å². The molecular formula is C11H7BBrNO4. The maximum atomic E-state index is 11.8. The van der Waals surface area contributed by atoms with Gasteiger partial charge >= 0.3 is 0 Å². The van der Waals surface area contributed by atoms with Gasteiger partial charge in [-0.2, -0.15) is 0 Å². The fourth-order valence-electron chi connectivity index (χ4n) is 1.70. The van der Waals surface area contributed by atoms with Gasteiger partial charge in [0.2, 0.25) is 0 Å². The van der Waals surface area contributed by atoms with E-state index in [4.69, 9.17) is 7.85 Å². The zero-order chi connectivity index (χ0) is 13.4. The lowest BCUT2D eigenvalue weighted by Gasteiger charge is -2.19. The minimum Gasteiger partial charge on any atom is -0.389 e. The number of imide groups is 1. The Morgan fingerprint density at radius 2 is 2.00 bits per heavy atom. The lowest BCUT2D eigenvalue weighted by Crippen LogP contribution is -2.32. The topological polar surface area (TPSA) is 74.7 Å². The number of hydrogen-bond acceptors (Lipinski definition) is 4. The van der Waals surface area contributed by atoms with Crippen LogP contribution in [0.15, 0.2) is 33.9 Å². The first kappa shape index (κ1) is 13.0. The Labute approximate surface area is 112 Å². The molecule has 1 unspecified atom stereocenters. The van der Waals surface area contributed by atoms with E-state index < -0.39 is 23.7 Å². The van der Waals surface area contributed by atoms with Crippen molar-refractivity contribution in [3.05, 3.63) is 33.9 Å². The number of amides is 2. The van der Waals surface area contributed by atoms with Gasteiger partial charge in [0.15, 0.2) is 5.78 Å². The molecule has 5 nitrogen and oxygen atoms in total. The third kappa shape index (κ3) is 2.11. The van der Waals surface area contributed by atoms with E-state index in [0.29, 0.717) is 0 Å². The molecule has 1 N–H and O–H groups in total. The number of nitrogens with zero attached hydrogens (tertiary/aromatic N) is 1. The third-order valence-corrected chi connectivity index (χ3v) is 3.32. The molecule has 7 heteroatoms. The molecule has 0 aromatic heterocycles. The maximum absolute atomic E-state index is 11.8. The van der Waals surface area contributed by atoms with Crippen molar-refractivity contribution in [2.75, 3.05) is 0 Å². The van der Waals surface area contributed by atoms with Crippen molar-refractivity contribution in [2.24, 2.45) is 0 Å². The van der Waals surface area contributed by atoms with Crippen LogP contribution in [0, 0.1) is 0 Å². The van der Waals surface area contributed by atoms with Gasteiger partial charge in [0.25, 0.3) is 11.8 Å². The first-order valence-electron chi connectivity index (χ1n) is 5.06. The Balaban J connectivity index is 2.37. The van der Waals surface area contributed by atoms with E-state index in [-0.39, 0.29) is 22.1 Å². The van der Waals surface area contributed by atoms with Gasteiger partial charge in [-0.3, -0.25) is 14.4 Å². The molecule has 1 atom stereocenters. The lowest BCUT2D eigenvalue weighted by molar-refractivity contribution is -0.134. The SMILES string of the molecule is [B]C1=C(Br)C(=O)N(C2=CC(=O)C=CC(O)C2)C1=O. The van der Waals surface area contributed by atoms with E-state index in [1.807, 2.05) is 0 Å². The molecular weight excluding hydrogens is 301 g/mol. The standard InChI is InChI=1S/C11H7BBrNO4/c12-8-9(13)11(18)14(10(8)17)5-3-6(15)1-2-7(16)4-5/h1-3,7,16H,4H2. The molecule has 1 aliphatic carbocycles. The summed E-state index contributed by atoms with van der Waals surface area (Å²) in [6, 6.07) is 0. The molecule has 1 heterocycles. The number of aliphatic hydroxyl groups is 1. The third-order valence-electron chi connectivity index (χ3n) is 2.56. The Kier molecular flexibility index (Phi) is 3.36. The molecule has 0 saturated heterocycles. The number of rotatable bonds is 1.